The fourth-order valence-electron chi connectivity index (χ4n) is 2.42. The monoisotopic (exact) mass is 377 g/mol. The minimum Gasteiger partial charge on any atom is -0.496 e. The molecule has 0 fully saturated rings. The third-order valence-electron chi connectivity index (χ3n) is 3.66. The molecular formula is C17H14F3N5O2. The third kappa shape index (κ3) is 3.89. The molecule has 7 nitrogen and oxygen atoms in total. The molecule has 0 aliphatic heterocycles. The van der Waals surface area contributed by atoms with Crippen LogP contribution in [-0.2, 0) is 6.18 Å². The minimum atomic E-state index is -4.62. The van der Waals surface area contributed by atoms with Crippen LogP contribution < -0.4 is 10.1 Å². The maximum Gasteiger partial charge on any atom is 0.420 e. The van der Waals surface area contributed by atoms with Gasteiger partial charge in [0.1, 0.15) is 5.75 Å². The number of methoxy groups -OCH3 is 1. The number of amides is 1. The van der Waals surface area contributed by atoms with Crippen molar-refractivity contribution in [1.82, 2.24) is 20.0 Å². The molecular weight excluding hydrogens is 363 g/mol. The summed E-state index contributed by atoms with van der Waals surface area (Å²) in [6.07, 6.45) is -1.69. The molecule has 1 N–H and O–H groups in total. The molecule has 1 amide bonds. The SMILES string of the molecule is COc1ccc(NC(=O)c2ccc(C)nc2-n2ccnn2)cc1C(F)(F)F. The van der Waals surface area contributed by atoms with Gasteiger partial charge in [-0.15, -0.1) is 5.10 Å². The van der Waals surface area contributed by atoms with Gasteiger partial charge < -0.3 is 10.1 Å². The van der Waals surface area contributed by atoms with E-state index in [1.165, 1.54) is 29.2 Å². The zero-order valence-corrected chi connectivity index (χ0v) is 14.3. The Labute approximate surface area is 151 Å². The zero-order valence-electron chi connectivity index (χ0n) is 14.3. The lowest BCUT2D eigenvalue weighted by atomic mass is 10.1. The van der Waals surface area contributed by atoms with E-state index >= 15 is 0 Å². The van der Waals surface area contributed by atoms with Crippen molar-refractivity contribution in [2.45, 2.75) is 13.1 Å². The summed E-state index contributed by atoms with van der Waals surface area (Å²) >= 11 is 0. The van der Waals surface area contributed by atoms with Crippen molar-refractivity contribution < 1.29 is 22.7 Å². The zero-order chi connectivity index (χ0) is 19.6. The van der Waals surface area contributed by atoms with Crippen molar-refractivity contribution in [3.8, 4) is 11.6 Å². The second-order valence-electron chi connectivity index (χ2n) is 5.54. The second kappa shape index (κ2) is 7.06. The fraction of sp³-hybridized carbons (Fsp3) is 0.176. The van der Waals surface area contributed by atoms with Gasteiger partial charge in [0.2, 0.25) is 0 Å². The van der Waals surface area contributed by atoms with E-state index in [9.17, 15) is 18.0 Å². The molecule has 0 bridgehead atoms. The van der Waals surface area contributed by atoms with E-state index in [1.54, 1.807) is 13.0 Å². The van der Waals surface area contributed by atoms with Crippen LogP contribution in [0.4, 0.5) is 18.9 Å². The maximum atomic E-state index is 13.1. The lowest BCUT2D eigenvalue weighted by Crippen LogP contribution is -2.17. The van der Waals surface area contributed by atoms with Crippen LogP contribution in [0.2, 0.25) is 0 Å². The molecule has 0 radical (unpaired) electrons. The Balaban J connectivity index is 1.95. The lowest BCUT2D eigenvalue weighted by molar-refractivity contribution is -0.138. The Hall–Kier alpha value is -3.43. The Kier molecular flexibility index (Phi) is 4.80. The van der Waals surface area contributed by atoms with Crippen LogP contribution in [0.25, 0.3) is 5.82 Å². The Morgan fingerprint density at radius 2 is 2.00 bits per heavy atom. The first-order valence-electron chi connectivity index (χ1n) is 7.70. The third-order valence-corrected chi connectivity index (χ3v) is 3.66. The standard InChI is InChI=1S/C17H14F3N5O2/c1-10-3-5-12(15(22-10)25-8-7-21-24-25)16(26)23-11-4-6-14(27-2)13(9-11)17(18,19)20/h3-9H,1-2H3,(H,23,26). The van der Waals surface area contributed by atoms with Gasteiger partial charge in [-0.1, -0.05) is 5.21 Å². The van der Waals surface area contributed by atoms with Crippen molar-refractivity contribution in [3.63, 3.8) is 0 Å². The number of carbonyl (C=O) groups excluding carboxylic acids is 1. The van der Waals surface area contributed by atoms with Crippen LogP contribution in [0.15, 0.2) is 42.7 Å². The van der Waals surface area contributed by atoms with Crippen molar-refractivity contribution in [2.24, 2.45) is 0 Å². The molecule has 27 heavy (non-hydrogen) atoms. The van der Waals surface area contributed by atoms with Gasteiger partial charge in [-0.3, -0.25) is 4.79 Å². The average Bonchev–Trinajstić information content (AvgIpc) is 3.15. The number of benzene rings is 1. The van der Waals surface area contributed by atoms with Gasteiger partial charge in [0.15, 0.2) is 5.82 Å². The highest BCUT2D eigenvalue weighted by Gasteiger charge is 2.34. The van der Waals surface area contributed by atoms with Gasteiger partial charge in [0.05, 0.1) is 30.6 Å². The van der Waals surface area contributed by atoms with Gasteiger partial charge in [-0.25, -0.2) is 9.67 Å². The van der Waals surface area contributed by atoms with Crippen molar-refractivity contribution in [2.75, 3.05) is 12.4 Å². The first-order chi connectivity index (χ1) is 12.8. The van der Waals surface area contributed by atoms with E-state index in [0.29, 0.717) is 5.69 Å². The van der Waals surface area contributed by atoms with E-state index < -0.39 is 17.6 Å². The molecule has 2 heterocycles. The van der Waals surface area contributed by atoms with E-state index in [-0.39, 0.29) is 22.8 Å². The summed E-state index contributed by atoms with van der Waals surface area (Å²) in [6.45, 7) is 1.74. The van der Waals surface area contributed by atoms with E-state index in [2.05, 4.69) is 20.6 Å². The molecule has 2 aromatic heterocycles. The van der Waals surface area contributed by atoms with Gasteiger partial charge in [0.25, 0.3) is 5.91 Å². The summed E-state index contributed by atoms with van der Waals surface area (Å²) in [6, 6.07) is 6.41. The highest BCUT2D eigenvalue weighted by Crippen LogP contribution is 2.37. The number of rotatable bonds is 4. The molecule has 3 rings (SSSR count). The molecule has 0 saturated heterocycles. The number of carbonyl (C=O) groups is 1. The predicted molar refractivity (Wildman–Crippen MR) is 89.8 cm³/mol. The van der Waals surface area contributed by atoms with Crippen LogP contribution in [0.3, 0.4) is 0 Å². The summed E-state index contributed by atoms with van der Waals surface area (Å²) in [5.41, 5.74) is -0.240. The molecule has 10 heteroatoms. The Morgan fingerprint density at radius 1 is 1.22 bits per heavy atom. The van der Waals surface area contributed by atoms with E-state index in [0.717, 1.165) is 19.2 Å². The summed E-state index contributed by atoms with van der Waals surface area (Å²) in [7, 11) is 1.14. The number of alkyl halides is 3. The topological polar surface area (TPSA) is 81.9 Å². The summed E-state index contributed by atoms with van der Waals surface area (Å²) < 4.78 is 45.5. The number of hydrogen-bond acceptors (Lipinski definition) is 5. The van der Waals surface area contributed by atoms with E-state index in [1.807, 2.05) is 0 Å². The largest absolute Gasteiger partial charge is 0.496 e. The van der Waals surface area contributed by atoms with Crippen LogP contribution in [0.1, 0.15) is 21.6 Å². The Morgan fingerprint density at radius 3 is 2.63 bits per heavy atom. The quantitative estimate of drug-likeness (QED) is 0.755. The lowest BCUT2D eigenvalue weighted by Gasteiger charge is -2.14. The van der Waals surface area contributed by atoms with Crippen molar-refractivity contribution in [3.05, 3.63) is 59.5 Å². The first-order valence-corrected chi connectivity index (χ1v) is 7.70. The number of ether oxygens (including phenoxy) is 1. The van der Waals surface area contributed by atoms with Crippen LogP contribution in [0, 0.1) is 6.92 Å². The number of aromatic nitrogens is 4. The molecule has 0 saturated carbocycles. The van der Waals surface area contributed by atoms with Gasteiger partial charge in [-0.2, -0.15) is 13.2 Å². The van der Waals surface area contributed by atoms with Crippen molar-refractivity contribution >= 4 is 11.6 Å². The van der Waals surface area contributed by atoms with E-state index in [4.69, 9.17) is 4.74 Å². The summed E-state index contributed by atoms with van der Waals surface area (Å²) in [5.74, 6) is -0.748. The van der Waals surface area contributed by atoms with Gasteiger partial charge >= 0.3 is 6.18 Å². The predicted octanol–water partition coefficient (Wildman–Crippen LogP) is 3.25. The summed E-state index contributed by atoms with van der Waals surface area (Å²) in [4.78, 5) is 16.9. The highest BCUT2D eigenvalue weighted by atomic mass is 19.4. The number of nitrogens with one attached hydrogen (secondary N) is 1. The molecule has 3 aromatic rings. The number of hydrogen-bond donors (Lipinski definition) is 1. The van der Waals surface area contributed by atoms with Gasteiger partial charge in [-0.05, 0) is 37.3 Å². The smallest absolute Gasteiger partial charge is 0.420 e. The maximum absolute atomic E-state index is 13.1. The average molecular weight is 377 g/mol. The number of halogens is 3. The number of nitrogens with zero attached hydrogens (tertiary/aromatic N) is 4. The molecule has 0 aliphatic carbocycles. The molecule has 140 valence electrons. The molecule has 0 spiro atoms. The Bertz CT molecular complexity index is 971. The van der Waals surface area contributed by atoms with Crippen LogP contribution in [0.5, 0.6) is 5.75 Å². The number of pyridine rings is 1. The fourth-order valence-corrected chi connectivity index (χ4v) is 2.42. The number of anilines is 1. The molecule has 0 unspecified atom stereocenters. The number of aryl methyl sites for hydroxylation is 1. The molecule has 1 aromatic carbocycles. The highest BCUT2D eigenvalue weighted by molar-refractivity contribution is 6.06. The van der Waals surface area contributed by atoms with Crippen molar-refractivity contribution in [1.29, 1.82) is 0 Å². The molecule has 0 atom stereocenters. The molecule has 0 aliphatic rings. The van der Waals surface area contributed by atoms with Crippen LogP contribution >= 0.6 is 0 Å². The minimum absolute atomic E-state index is 0.0294. The van der Waals surface area contributed by atoms with Crippen LogP contribution in [-0.4, -0.2) is 33.0 Å². The van der Waals surface area contributed by atoms with Gasteiger partial charge in [0, 0.05) is 11.4 Å². The first kappa shape index (κ1) is 18.4. The second-order valence-corrected chi connectivity index (χ2v) is 5.54. The normalized spacial score (nSPS) is 11.3. The summed E-state index contributed by atoms with van der Waals surface area (Å²) in [5, 5.41) is 9.93.